The van der Waals surface area contributed by atoms with Gasteiger partial charge in [0.1, 0.15) is 11.3 Å². The van der Waals surface area contributed by atoms with Crippen LogP contribution in [0.2, 0.25) is 0 Å². The molecule has 0 saturated heterocycles. The highest BCUT2D eigenvalue weighted by Crippen LogP contribution is 2.43. The van der Waals surface area contributed by atoms with E-state index in [4.69, 9.17) is 4.74 Å². The van der Waals surface area contributed by atoms with Crippen molar-refractivity contribution >= 4 is 10.8 Å². The summed E-state index contributed by atoms with van der Waals surface area (Å²) < 4.78 is 47.2. The minimum absolute atomic E-state index is 0.0895. The Hall–Kier alpha value is -1.75. The Balaban J connectivity index is 2.00. The second-order valence-electron chi connectivity index (χ2n) is 7.34. The molecule has 142 valence electrons. The van der Waals surface area contributed by atoms with Crippen LogP contribution >= 0.6 is 0 Å². The number of benzene rings is 2. The average molecular weight is 366 g/mol. The summed E-state index contributed by atoms with van der Waals surface area (Å²) in [5, 5.41) is 10.5. The molecule has 3 rings (SSSR count). The Morgan fingerprint density at radius 2 is 1.81 bits per heavy atom. The van der Waals surface area contributed by atoms with Crippen molar-refractivity contribution in [1.82, 2.24) is 0 Å². The number of halogens is 3. The molecular formula is C21H25F3O2. The minimum atomic E-state index is -4.50. The molecule has 2 nitrogen and oxygen atoms in total. The van der Waals surface area contributed by atoms with Crippen LogP contribution in [-0.4, -0.2) is 11.2 Å². The molecule has 2 aromatic rings. The van der Waals surface area contributed by atoms with E-state index in [-0.39, 0.29) is 17.2 Å². The van der Waals surface area contributed by atoms with Crippen LogP contribution in [0.25, 0.3) is 10.8 Å². The summed E-state index contributed by atoms with van der Waals surface area (Å²) in [7, 11) is 0. The molecule has 1 fully saturated rings. The summed E-state index contributed by atoms with van der Waals surface area (Å²) in [6.45, 7) is 3.99. The molecule has 1 unspecified atom stereocenters. The minimum Gasteiger partial charge on any atom is -0.490 e. The number of alkyl halides is 3. The maximum Gasteiger partial charge on any atom is 0.420 e. The lowest BCUT2D eigenvalue weighted by atomic mass is 9.89. The molecular weight excluding hydrogens is 341 g/mol. The molecule has 0 aromatic heterocycles. The smallest absolute Gasteiger partial charge is 0.420 e. The van der Waals surface area contributed by atoms with Gasteiger partial charge in [0.15, 0.2) is 0 Å². The molecule has 1 N–H and O–H groups in total. The lowest BCUT2D eigenvalue weighted by molar-refractivity contribution is -0.138. The number of fused-ring (bicyclic) bond motifs is 1. The number of hydrogen-bond donors (Lipinski definition) is 1. The zero-order valence-electron chi connectivity index (χ0n) is 15.1. The van der Waals surface area contributed by atoms with Crippen LogP contribution in [0.3, 0.4) is 0 Å². The van der Waals surface area contributed by atoms with Crippen molar-refractivity contribution in [2.75, 3.05) is 0 Å². The second-order valence-corrected chi connectivity index (χ2v) is 7.34. The van der Waals surface area contributed by atoms with Gasteiger partial charge in [0.25, 0.3) is 0 Å². The molecule has 1 saturated carbocycles. The Morgan fingerprint density at radius 3 is 2.42 bits per heavy atom. The fourth-order valence-corrected chi connectivity index (χ4v) is 3.69. The van der Waals surface area contributed by atoms with Crippen LogP contribution in [0, 0.1) is 5.92 Å². The molecule has 0 aliphatic heterocycles. The summed E-state index contributed by atoms with van der Waals surface area (Å²) in [6.07, 6.45) is -1.27. The SMILES string of the molecule is CCC(O)c1ccc2c(C(F)(F)F)c(O[C@H]3CC[C@@H](C)CC3)ccc2c1. The molecule has 1 atom stereocenters. The van der Waals surface area contributed by atoms with Gasteiger partial charge in [0.2, 0.25) is 0 Å². The lowest BCUT2D eigenvalue weighted by Gasteiger charge is -2.28. The van der Waals surface area contributed by atoms with Gasteiger partial charge in [-0.1, -0.05) is 32.0 Å². The van der Waals surface area contributed by atoms with Gasteiger partial charge in [0, 0.05) is 0 Å². The van der Waals surface area contributed by atoms with E-state index in [9.17, 15) is 18.3 Å². The van der Waals surface area contributed by atoms with E-state index in [1.54, 1.807) is 18.2 Å². The zero-order valence-corrected chi connectivity index (χ0v) is 15.1. The van der Waals surface area contributed by atoms with Crippen molar-refractivity contribution in [3.05, 3.63) is 41.5 Å². The molecule has 0 amide bonds. The molecule has 1 aliphatic rings. The van der Waals surface area contributed by atoms with Crippen LogP contribution in [0.1, 0.15) is 63.2 Å². The van der Waals surface area contributed by atoms with Crippen molar-refractivity contribution in [3.63, 3.8) is 0 Å². The predicted molar refractivity (Wildman–Crippen MR) is 96.2 cm³/mol. The number of hydrogen-bond acceptors (Lipinski definition) is 2. The van der Waals surface area contributed by atoms with Crippen LogP contribution in [0.4, 0.5) is 13.2 Å². The first kappa shape index (κ1) is 19.0. The fraction of sp³-hybridized carbons (Fsp3) is 0.524. The van der Waals surface area contributed by atoms with E-state index in [2.05, 4.69) is 6.92 Å². The Labute approximate surface area is 152 Å². The highest BCUT2D eigenvalue weighted by Gasteiger charge is 2.37. The van der Waals surface area contributed by atoms with Crippen LogP contribution in [-0.2, 0) is 6.18 Å². The highest BCUT2D eigenvalue weighted by molar-refractivity contribution is 5.89. The summed E-state index contributed by atoms with van der Waals surface area (Å²) in [4.78, 5) is 0. The standard InChI is InChI=1S/C21H25F3O2/c1-3-18(25)15-6-10-17-14(12-15)7-11-19(20(17)21(22,23)24)26-16-8-4-13(2)5-9-16/h6-7,10-13,16,18,25H,3-5,8-9H2,1-2H3/t13-,16+,18?. The monoisotopic (exact) mass is 366 g/mol. The van der Waals surface area contributed by atoms with Crippen molar-refractivity contribution in [2.24, 2.45) is 5.92 Å². The van der Waals surface area contributed by atoms with Gasteiger partial charge < -0.3 is 9.84 Å². The van der Waals surface area contributed by atoms with Gasteiger partial charge in [-0.25, -0.2) is 0 Å². The maximum absolute atomic E-state index is 13.8. The van der Waals surface area contributed by atoms with Crippen molar-refractivity contribution in [2.45, 2.75) is 64.3 Å². The molecule has 1 aliphatic carbocycles. The number of aliphatic hydroxyl groups is 1. The van der Waals surface area contributed by atoms with E-state index >= 15 is 0 Å². The van der Waals surface area contributed by atoms with E-state index in [0.29, 0.717) is 23.3 Å². The quantitative estimate of drug-likeness (QED) is 0.692. The van der Waals surface area contributed by atoms with Gasteiger partial charge >= 0.3 is 6.18 Å². The summed E-state index contributed by atoms with van der Waals surface area (Å²) in [6, 6.07) is 7.72. The van der Waals surface area contributed by atoms with Gasteiger partial charge in [-0.3, -0.25) is 0 Å². The first-order valence-electron chi connectivity index (χ1n) is 9.28. The Bertz CT molecular complexity index is 762. The molecule has 26 heavy (non-hydrogen) atoms. The molecule has 0 radical (unpaired) electrons. The van der Waals surface area contributed by atoms with E-state index in [0.717, 1.165) is 25.7 Å². The van der Waals surface area contributed by atoms with Gasteiger partial charge in [-0.2, -0.15) is 13.2 Å². The number of rotatable bonds is 4. The highest BCUT2D eigenvalue weighted by atomic mass is 19.4. The van der Waals surface area contributed by atoms with E-state index < -0.39 is 17.8 Å². The first-order chi connectivity index (χ1) is 12.3. The average Bonchev–Trinajstić information content (AvgIpc) is 2.61. The topological polar surface area (TPSA) is 29.5 Å². The Kier molecular flexibility index (Phi) is 5.47. The molecule has 0 spiro atoms. The van der Waals surface area contributed by atoms with Crippen LogP contribution in [0.15, 0.2) is 30.3 Å². The third-order valence-electron chi connectivity index (χ3n) is 5.32. The van der Waals surface area contributed by atoms with Crippen LogP contribution < -0.4 is 4.74 Å². The number of aliphatic hydroxyl groups excluding tert-OH is 1. The normalized spacial score (nSPS) is 22.4. The van der Waals surface area contributed by atoms with Crippen LogP contribution in [0.5, 0.6) is 5.75 Å². The third kappa shape index (κ3) is 3.98. The molecule has 0 bridgehead atoms. The van der Waals surface area contributed by atoms with E-state index in [1.807, 2.05) is 6.92 Å². The second kappa shape index (κ2) is 7.47. The summed E-state index contributed by atoms with van der Waals surface area (Å²) in [5.74, 6) is 0.519. The van der Waals surface area contributed by atoms with Gasteiger partial charge in [0.05, 0.1) is 12.2 Å². The molecule has 0 heterocycles. The lowest BCUT2D eigenvalue weighted by Crippen LogP contribution is -2.24. The van der Waals surface area contributed by atoms with Crippen molar-refractivity contribution < 1.29 is 23.0 Å². The predicted octanol–water partition coefficient (Wildman–Crippen LogP) is 6.26. The Morgan fingerprint density at radius 1 is 1.12 bits per heavy atom. The van der Waals surface area contributed by atoms with Gasteiger partial charge in [-0.05, 0) is 66.5 Å². The molecule has 5 heteroatoms. The van der Waals surface area contributed by atoms with Gasteiger partial charge in [-0.15, -0.1) is 0 Å². The number of ether oxygens (including phenoxy) is 1. The van der Waals surface area contributed by atoms with Crippen molar-refractivity contribution in [3.8, 4) is 5.75 Å². The fourth-order valence-electron chi connectivity index (χ4n) is 3.69. The third-order valence-corrected chi connectivity index (χ3v) is 5.32. The zero-order chi connectivity index (χ0) is 18.9. The van der Waals surface area contributed by atoms with Crippen molar-refractivity contribution in [1.29, 1.82) is 0 Å². The summed E-state index contributed by atoms with van der Waals surface area (Å²) >= 11 is 0. The summed E-state index contributed by atoms with van der Waals surface area (Å²) in [5.41, 5.74) is -0.0887. The first-order valence-corrected chi connectivity index (χ1v) is 9.28. The maximum atomic E-state index is 13.8. The molecule has 2 aromatic carbocycles. The van der Waals surface area contributed by atoms with E-state index in [1.165, 1.54) is 12.1 Å². The largest absolute Gasteiger partial charge is 0.490 e.